The first-order chi connectivity index (χ1) is 18.4. The van der Waals surface area contributed by atoms with Crippen LogP contribution in [0.25, 0.3) is 0 Å². The van der Waals surface area contributed by atoms with Gasteiger partial charge >= 0.3 is 12.1 Å². The lowest BCUT2D eigenvalue weighted by Gasteiger charge is -2.29. The molecule has 0 aliphatic heterocycles. The van der Waals surface area contributed by atoms with Crippen molar-refractivity contribution in [2.24, 2.45) is 0 Å². The van der Waals surface area contributed by atoms with Gasteiger partial charge in [-0.2, -0.15) is 0 Å². The van der Waals surface area contributed by atoms with E-state index in [9.17, 15) is 19.5 Å². The smallest absolute Gasteiger partial charge is 0.407 e. The maximum atomic E-state index is 12.4. The Labute approximate surface area is 219 Å². The highest BCUT2D eigenvalue weighted by atomic mass is 16.5. The summed E-state index contributed by atoms with van der Waals surface area (Å²) in [5, 5.41) is 14.8. The van der Waals surface area contributed by atoms with Crippen molar-refractivity contribution in [3.8, 4) is 17.4 Å². The predicted octanol–water partition coefficient (Wildman–Crippen LogP) is 4.80. The molecule has 2 amide bonds. The van der Waals surface area contributed by atoms with Crippen LogP contribution in [-0.2, 0) is 16.0 Å². The summed E-state index contributed by atoms with van der Waals surface area (Å²) in [7, 11) is 1.35. The Morgan fingerprint density at radius 1 is 0.974 bits per heavy atom. The molecule has 0 bridgehead atoms. The molecule has 10 heteroatoms. The number of carboxylic acid groups (broad SMARTS) is 1. The number of carbonyl (C=O) groups excluding carboxylic acids is 2. The molecule has 0 spiro atoms. The molecule has 1 aliphatic carbocycles. The summed E-state index contributed by atoms with van der Waals surface area (Å²) < 4.78 is 16.5. The van der Waals surface area contributed by atoms with Crippen LogP contribution in [-0.4, -0.2) is 47.3 Å². The number of rotatable bonds is 10. The average Bonchev–Trinajstić information content (AvgIpc) is 3.38. The molecule has 10 nitrogen and oxygen atoms in total. The highest BCUT2D eigenvalue weighted by molar-refractivity contribution is 6.00. The van der Waals surface area contributed by atoms with Crippen molar-refractivity contribution in [3.05, 3.63) is 78.0 Å². The second-order valence-electron chi connectivity index (χ2n) is 9.05. The fourth-order valence-electron chi connectivity index (χ4n) is 4.31. The number of para-hydroxylation sites is 1. The van der Waals surface area contributed by atoms with Gasteiger partial charge in [0.15, 0.2) is 0 Å². The van der Waals surface area contributed by atoms with Crippen molar-refractivity contribution >= 4 is 23.7 Å². The number of pyridine rings is 1. The third-order valence-corrected chi connectivity index (χ3v) is 6.27. The number of benzene rings is 2. The molecular formula is C28H29N3O7. The van der Waals surface area contributed by atoms with Crippen molar-refractivity contribution in [3.63, 3.8) is 0 Å². The van der Waals surface area contributed by atoms with Gasteiger partial charge in [-0.15, -0.1) is 0 Å². The first kappa shape index (κ1) is 26.5. The minimum absolute atomic E-state index is 0.0232. The van der Waals surface area contributed by atoms with Crippen LogP contribution in [0.4, 0.5) is 10.5 Å². The fraction of sp³-hybridized carbons (Fsp3) is 0.286. The zero-order valence-corrected chi connectivity index (χ0v) is 20.9. The molecule has 1 aliphatic rings. The first-order valence-electron chi connectivity index (χ1n) is 12.2. The van der Waals surface area contributed by atoms with E-state index in [4.69, 9.17) is 14.2 Å². The zero-order chi connectivity index (χ0) is 27.0. The van der Waals surface area contributed by atoms with E-state index in [2.05, 4.69) is 15.6 Å². The van der Waals surface area contributed by atoms with Gasteiger partial charge in [0.05, 0.1) is 30.3 Å². The van der Waals surface area contributed by atoms with Crippen molar-refractivity contribution in [1.82, 2.24) is 10.3 Å². The van der Waals surface area contributed by atoms with Gasteiger partial charge in [-0.25, -0.2) is 14.6 Å². The van der Waals surface area contributed by atoms with E-state index in [1.54, 1.807) is 54.6 Å². The van der Waals surface area contributed by atoms with Crippen LogP contribution in [0, 0.1) is 0 Å². The monoisotopic (exact) mass is 519 g/mol. The molecular weight excluding hydrogens is 490 g/mol. The van der Waals surface area contributed by atoms with Crippen molar-refractivity contribution in [1.29, 1.82) is 0 Å². The normalized spacial score (nSPS) is 13.8. The van der Waals surface area contributed by atoms with E-state index in [0.717, 1.165) is 25.7 Å². The topological polar surface area (TPSA) is 136 Å². The SMILES string of the molecule is COC(=O)NC1(COc2ccc(Oc3ccc(CC(=O)Nc4ccccc4C(=O)O)cn3)cc2)CCCC1. The lowest BCUT2D eigenvalue weighted by Crippen LogP contribution is -2.50. The minimum Gasteiger partial charge on any atom is -0.491 e. The Morgan fingerprint density at radius 3 is 2.34 bits per heavy atom. The number of alkyl carbamates (subject to hydrolysis) is 1. The van der Waals surface area contributed by atoms with Crippen molar-refractivity contribution in [2.75, 3.05) is 19.0 Å². The van der Waals surface area contributed by atoms with Gasteiger partial charge < -0.3 is 30.0 Å². The van der Waals surface area contributed by atoms with E-state index < -0.39 is 17.6 Å². The number of hydrogen-bond donors (Lipinski definition) is 3. The number of hydrogen-bond acceptors (Lipinski definition) is 7. The second-order valence-corrected chi connectivity index (χ2v) is 9.05. The summed E-state index contributed by atoms with van der Waals surface area (Å²) in [4.78, 5) is 39.7. The standard InChI is InChI=1S/C28H29N3O7/c1-36-27(35)31-28(14-4-5-15-28)18-37-20-9-11-21(12-10-20)38-25-13-8-19(17-29-25)16-24(32)30-23-7-3-2-6-22(23)26(33)34/h2-3,6-13,17H,4-5,14-16,18H2,1H3,(H,30,32)(H,31,35)(H,33,34). The summed E-state index contributed by atoms with van der Waals surface area (Å²) in [6.45, 7) is 0.348. The van der Waals surface area contributed by atoms with Gasteiger partial charge in [-0.3, -0.25) is 4.79 Å². The van der Waals surface area contributed by atoms with E-state index in [1.165, 1.54) is 19.4 Å². The maximum Gasteiger partial charge on any atom is 0.407 e. The molecule has 4 rings (SSSR count). The van der Waals surface area contributed by atoms with Crippen LogP contribution < -0.4 is 20.1 Å². The van der Waals surface area contributed by atoms with Crippen molar-refractivity contribution in [2.45, 2.75) is 37.6 Å². The molecule has 0 saturated heterocycles. The van der Waals surface area contributed by atoms with Crippen LogP contribution >= 0.6 is 0 Å². The van der Waals surface area contributed by atoms with Crippen LogP contribution in [0.5, 0.6) is 17.4 Å². The number of methoxy groups -OCH3 is 1. The van der Waals surface area contributed by atoms with E-state index in [-0.39, 0.29) is 23.6 Å². The summed E-state index contributed by atoms with van der Waals surface area (Å²) in [5.41, 5.74) is 0.483. The predicted molar refractivity (Wildman–Crippen MR) is 139 cm³/mol. The number of amides is 2. The molecule has 198 valence electrons. The van der Waals surface area contributed by atoms with E-state index in [1.807, 2.05) is 0 Å². The molecule has 0 unspecified atom stereocenters. The molecule has 2 aromatic carbocycles. The highest BCUT2D eigenvalue weighted by Crippen LogP contribution is 2.31. The number of nitrogens with zero attached hydrogens (tertiary/aromatic N) is 1. The number of aromatic carboxylic acids is 1. The first-order valence-corrected chi connectivity index (χ1v) is 12.2. The molecule has 38 heavy (non-hydrogen) atoms. The quantitative estimate of drug-likeness (QED) is 0.348. The molecule has 1 saturated carbocycles. The zero-order valence-electron chi connectivity index (χ0n) is 20.9. The fourth-order valence-corrected chi connectivity index (χ4v) is 4.31. The second kappa shape index (κ2) is 12.1. The van der Waals surface area contributed by atoms with Crippen LogP contribution in [0.2, 0.25) is 0 Å². The van der Waals surface area contributed by atoms with Crippen LogP contribution in [0.3, 0.4) is 0 Å². The molecule has 1 fully saturated rings. The summed E-state index contributed by atoms with van der Waals surface area (Å²) in [5.74, 6) is 0.0899. The lowest BCUT2D eigenvalue weighted by atomic mass is 9.99. The molecule has 3 aromatic rings. The van der Waals surface area contributed by atoms with Gasteiger partial charge in [0.2, 0.25) is 11.8 Å². The number of carboxylic acids is 1. The highest BCUT2D eigenvalue weighted by Gasteiger charge is 2.36. The average molecular weight is 520 g/mol. The number of carbonyl (C=O) groups is 3. The van der Waals surface area contributed by atoms with Crippen LogP contribution in [0.1, 0.15) is 41.6 Å². The number of ether oxygens (including phenoxy) is 3. The van der Waals surface area contributed by atoms with E-state index >= 15 is 0 Å². The van der Waals surface area contributed by atoms with Gasteiger partial charge in [-0.05, 0) is 54.8 Å². The van der Waals surface area contributed by atoms with Crippen LogP contribution in [0.15, 0.2) is 66.9 Å². The molecule has 1 aromatic heterocycles. The summed E-state index contributed by atoms with van der Waals surface area (Å²) >= 11 is 0. The maximum absolute atomic E-state index is 12.4. The van der Waals surface area contributed by atoms with Gasteiger partial charge in [0, 0.05) is 12.3 Å². The Hall–Kier alpha value is -4.60. The Kier molecular flexibility index (Phi) is 8.42. The Balaban J connectivity index is 1.29. The Morgan fingerprint density at radius 2 is 1.68 bits per heavy atom. The number of anilines is 1. The van der Waals surface area contributed by atoms with Gasteiger partial charge in [0.25, 0.3) is 0 Å². The third-order valence-electron chi connectivity index (χ3n) is 6.27. The number of aromatic nitrogens is 1. The Bertz CT molecular complexity index is 1270. The molecule has 1 heterocycles. The lowest BCUT2D eigenvalue weighted by molar-refractivity contribution is -0.115. The molecule has 0 radical (unpaired) electrons. The third kappa shape index (κ3) is 7.00. The van der Waals surface area contributed by atoms with Gasteiger partial charge in [0.1, 0.15) is 18.1 Å². The molecule has 3 N–H and O–H groups in total. The number of nitrogens with one attached hydrogen (secondary N) is 2. The largest absolute Gasteiger partial charge is 0.491 e. The van der Waals surface area contributed by atoms with Gasteiger partial charge in [-0.1, -0.05) is 31.0 Å². The summed E-state index contributed by atoms with van der Waals surface area (Å²) in [6, 6.07) is 16.7. The van der Waals surface area contributed by atoms with E-state index in [0.29, 0.717) is 29.5 Å². The summed E-state index contributed by atoms with van der Waals surface area (Å²) in [6.07, 6.45) is 4.82. The molecule has 0 atom stereocenters. The minimum atomic E-state index is -1.11. The van der Waals surface area contributed by atoms with Crippen molar-refractivity contribution < 1.29 is 33.7 Å².